The summed E-state index contributed by atoms with van der Waals surface area (Å²) < 4.78 is 44.3. The molecular weight excluding hydrogens is 417 g/mol. The van der Waals surface area contributed by atoms with Gasteiger partial charge >= 0.3 is 6.18 Å². The second kappa shape index (κ2) is 8.35. The molecule has 0 bridgehead atoms. The predicted molar refractivity (Wildman–Crippen MR) is 120 cm³/mol. The van der Waals surface area contributed by atoms with E-state index >= 15 is 0 Å². The van der Waals surface area contributed by atoms with Crippen LogP contribution in [0.1, 0.15) is 57.1 Å². The zero-order chi connectivity index (χ0) is 23.1. The molecule has 1 aliphatic rings. The lowest BCUT2D eigenvalue weighted by molar-refractivity contribution is -0.137. The molecule has 2 aromatic carbocycles. The summed E-state index contributed by atoms with van der Waals surface area (Å²) in [6.07, 6.45) is -0.945. The Morgan fingerprint density at radius 2 is 1.78 bits per heavy atom. The normalized spacial score (nSPS) is 20.1. The van der Waals surface area contributed by atoms with E-state index in [1.54, 1.807) is 12.1 Å². The first kappa shape index (κ1) is 22.5. The number of fused-ring (bicyclic) bond motifs is 1. The fourth-order valence-corrected chi connectivity index (χ4v) is 4.17. The third kappa shape index (κ3) is 5.21. The lowest BCUT2D eigenvalue weighted by atomic mass is 9.77. The van der Waals surface area contributed by atoms with Gasteiger partial charge in [0, 0.05) is 17.1 Å². The number of nitrogens with one attached hydrogen (secondary N) is 2. The fraction of sp³-hybridized carbons (Fsp3) is 0.440. The molecule has 1 unspecified atom stereocenters. The van der Waals surface area contributed by atoms with Crippen LogP contribution in [0.15, 0.2) is 48.7 Å². The topological polar surface area (TPSA) is 57.3 Å². The summed E-state index contributed by atoms with van der Waals surface area (Å²) in [4.78, 5) is 3.20. The van der Waals surface area contributed by atoms with Crippen molar-refractivity contribution in [1.82, 2.24) is 4.98 Å². The van der Waals surface area contributed by atoms with Gasteiger partial charge in [-0.05, 0) is 66.5 Å². The van der Waals surface area contributed by atoms with Crippen LogP contribution in [-0.2, 0) is 6.18 Å². The van der Waals surface area contributed by atoms with E-state index in [4.69, 9.17) is 4.74 Å². The minimum absolute atomic E-state index is 0.000624. The number of H-pyrrole nitrogens is 1. The zero-order valence-corrected chi connectivity index (χ0v) is 18.5. The average Bonchev–Trinajstić information content (AvgIpc) is 3.04. The first-order valence-corrected chi connectivity index (χ1v) is 10.9. The van der Waals surface area contributed by atoms with E-state index in [1.165, 1.54) is 0 Å². The first-order valence-electron chi connectivity index (χ1n) is 10.9. The van der Waals surface area contributed by atoms with Gasteiger partial charge in [-0.25, -0.2) is 0 Å². The third-order valence-corrected chi connectivity index (χ3v) is 5.89. The Kier molecular flexibility index (Phi) is 5.88. The highest BCUT2D eigenvalue weighted by Crippen LogP contribution is 2.41. The van der Waals surface area contributed by atoms with Gasteiger partial charge in [0.2, 0.25) is 0 Å². The monoisotopic (exact) mass is 446 g/mol. The van der Waals surface area contributed by atoms with Crippen molar-refractivity contribution in [1.29, 1.82) is 0 Å². The highest BCUT2D eigenvalue weighted by atomic mass is 19.4. The molecule has 1 heterocycles. The van der Waals surface area contributed by atoms with E-state index in [9.17, 15) is 18.3 Å². The standard InChI is InChI=1S/C25H29F3N2O2/c1-24(2,3)13-23(31)30-22-14-29-21-9-8-18(12-20(21)22)32-19-10-16(11-19)15-4-6-17(7-5-15)25(26,27)28/h4-9,12,14,16,19,23,29-31H,10-11,13H2,1-3H3/t16-,19+,23?. The van der Waals surface area contributed by atoms with Gasteiger partial charge in [0.25, 0.3) is 0 Å². The molecule has 3 N–H and O–H groups in total. The van der Waals surface area contributed by atoms with Crippen LogP contribution < -0.4 is 10.1 Å². The molecule has 3 aromatic rings. The predicted octanol–water partition coefficient (Wildman–Crippen LogP) is 6.68. The fourth-order valence-electron chi connectivity index (χ4n) is 4.17. The van der Waals surface area contributed by atoms with E-state index in [1.807, 2.05) is 24.4 Å². The van der Waals surface area contributed by atoms with Crippen molar-refractivity contribution in [2.75, 3.05) is 5.32 Å². The molecule has 0 saturated heterocycles. The Labute approximate surface area is 185 Å². The van der Waals surface area contributed by atoms with Gasteiger partial charge in [0.1, 0.15) is 12.0 Å². The summed E-state index contributed by atoms with van der Waals surface area (Å²) in [7, 11) is 0. The average molecular weight is 447 g/mol. The minimum atomic E-state index is -4.31. The van der Waals surface area contributed by atoms with Crippen LogP contribution in [-0.4, -0.2) is 22.4 Å². The number of ether oxygens (including phenoxy) is 1. The molecule has 0 radical (unpaired) electrons. The second-order valence-corrected chi connectivity index (χ2v) is 9.86. The minimum Gasteiger partial charge on any atom is -0.490 e. The molecule has 1 fully saturated rings. The summed E-state index contributed by atoms with van der Waals surface area (Å²) in [5.74, 6) is 0.948. The van der Waals surface area contributed by atoms with Crippen LogP contribution in [0.5, 0.6) is 5.75 Å². The van der Waals surface area contributed by atoms with Gasteiger partial charge < -0.3 is 20.1 Å². The molecule has 1 aromatic heterocycles. The number of aliphatic hydroxyl groups excluding tert-OH is 1. The van der Waals surface area contributed by atoms with Crippen molar-refractivity contribution in [3.63, 3.8) is 0 Å². The highest BCUT2D eigenvalue weighted by molar-refractivity contribution is 5.93. The van der Waals surface area contributed by atoms with Crippen LogP contribution >= 0.6 is 0 Å². The van der Waals surface area contributed by atoms with E-state index in [0.717, 1.165) is 52.9 Å². The van der Waals surface area contributed by atoms with Crippen molar-refractivity contribution >= 4 is 16.6 Å². The van der Waals surface area contributed by atoms with Crippen molar-refractivity contribution in [2.45, 2.75) is 64.5 Å². The third-order valence-electron chi connectivity index (χ3n) is 5.89. The van der Waals surface area contributed by atoms with E-state index < -0.39 is 18.0 Å². The second-order valence-electron chi connectivity index (χ2n) is 9.86. The summed E-state index contributed by atoms with van der Waals surface area (Å²) in [5.41, 5.74) is 2.06. The summed E-state index contributed by atoms with van der Waals surface area (Å²) in [5, 5.41) is 14.5. The highest BCUT2D eigenvalue weighted by Gasteiger charge is 2.34. The number of rotatable bonds is 6. The van der Waals surface area contributed by atoms with Crippen molar-refractivity contribution in [2.24, 2.45) is 5.41 Å². The van der Waals surface area contributed by atoms with Gasteiger partial charge in [-0.2, -0.15) is 13.2 Å². The molecule has 32 heavy (non-hydrogen) atoms. The smallest absolute Gasteiger partial charge is 0.416 e. The molecular formula is C25H29F3N2O2. The number of alkyl halides is 3. The summed E-state index contributed by atoms with van der Waals surface area (Å²) in [6, 6.07) is 11.2. The molecule has 1 aliphatic carbocycles. The van der Waals surface area contributed by atoms with Crippen molar-refractivity contribution < 1.29 is 23.0 Å². The molecule has 1 atom stereocenters. The first-order chi connectivity index (χ1) is 15.0. The largest absolute Gasteiger partial charge is 0.490 e. The summed E-state index contributed by atoms with van der Waals surface area (Å²) >= 11 is 0. The van der Waals surface area contributed by atoms with Crippen molar-refractivity contribution in [3.8, 4) is 5.75 Å². The van der Waals surface area contributed by atoms with Crippen LogP contribution in [0.25, 0.3) is 10.9 Å². The molecule has 0 spiro atoms. The van der Waals surface area contributed by atoms with Crippen LogP contribution in [0, 0.1) is 5.41 Å². The van der Waals surface area contributed by atoms with Gasteiger partial charge in [0.15, 0.2) is 0 Å². The number of halogens is 3. The Morgan fingerprint density at radius 3 is 2.41 bits per heavy atom. The molecule has 4 rings (SSSR count). The Bertz CT molecular complexity index is 1060. The van der Waals surface area contributed by atoms with Gasteiger partial charge in [-0.3, -0.25) is 0 Å². The van der Waals surface area contributed by atoms with Crippen molar-refractivity contribution in [3.05, 3.63) is 59.8 Å². The van der Waals surface area contributed by atoms with Gasteiger partial charge in [-0.15, -0.1) is 0 Å². The van der Waals surface area contributed by atoms with Crippen LogP contribution in [0.2, 0.25) is 0 Å². The molecule has 1 saturated carbocycles. The Balaban J connectivity index is 1.37. The van der Waals surface area contributed by atoms with E-state index in [2.05, 4.69) is 31.1 Å². The summed E-state index contributed by atoms with van der Waals surface area (Å²) in [6.45, 7) is 6.24. The molecule has 4 nitrogen and oxygen atoms in total. The maximum atomic E-state index is 12.7. The number of aliphatic hydroxyl groups is 1. The quantitative estimate of drug-likeness (QED) is 0.370. The maximum absolute atomic E-state index is 12.7. The van der Waals surface area contributed by atoms with E-state index in [0.29, 0.717) is 6.42 Å². The number of benzene rings is 2. The Morgan fingerprint density at radius 1 is 1.09 bits per heavy atom. The molecule has 0 amide bonds. The molecule has 0 aliphatic heterocycles. The molecule has 7 heteroatoms. The van der Waals surface area contributed by atoms with Gasteiger partial charge in [-0.1, -0.05) is 32.9 Å². The molecule has 172 valence electrons. The maximum Gasteiger partial charge on any atom is 0.416 e. The van der Waals surface area contributed by atoms with Crippen LogP contribution in [0.3, 0.4) is 0 Å². The SMILES string of the molecule is CC(C)(C)CC(O)Nc1c[nH]c2ccc(O[C@H]3C[C@@H](c4ccc(C(F)(F)F)cc4)C3)cc12. The lowest BCUT2D eigenvalue weighted by Crippen LogP contribution is -2.32. The number of aromatic amines is 1. The van der Waals surface area contributed by atoms with Crippen LogP contribution in [0.4, 0.5) is 18.9 Å². The lowest BCUT2D eigenvalue weighted by Gasteiger charge is -2.35. The number of hydrogen-bond donors (Lipinski definition) is 3. The Hall–Kier alpha value is -2.67. The number of anilines is 1. The zero-order valence-electron chi connectivity index (χ0n) is 18.5. The number of hydrogen-bond acceptors (Lipinski definition) is 3. The van der Waals surface area contributed by atoms with E-state index in [-0.39, 0.29) is 17.4 Å². The van der Waals surface area contributed by atoms with Gasteiger partial charge in [0.05, 0.1) is 17.4 Å². The number of aromatic nitrogens is 1.